The summed E-state index contributed by atoms with van der Waals surface area (Å²) in [7, 11) is 9.47. The molecular weight excluding hydrogens is 388 g/mol. The van der Waals surface area contributed by atoms with Crippen molar-refractivity contribution in [1.82, 2.24) is 0 Å². The van der Waals surface area contributed by atoms with Crippen LogP contribution in [0.4, 0.5) is 0 Å². The van der Waals surface area contributed by atoms with Crippen molar-refractivity contribution >= 4 is 5.78 Å². The van der Waals surface area contributed by atoms with E-state index in [1.807, 2.05) is 12.1 Å². The van der Waals surface area contributed by atoms with Crippen LogP contribution in [-0.4, -0.2) is 61.7 Å². The standard InChI is InChI=1S/C23H30O7/c1-25-9-7-15-11-19(27-3)21(29-5)13-17(15)23(24)18-14-22(30-6)20(28-4)12-16(18)8-10-26-2/h11-14H,7-10H2,1-6H3. The third kappa shape index (κ3) is 5.23. The zero-order valence-corrected chi connectivity index (χ0v) is 18.5. The molecule has 0 heterocycles. The summed E-state index contributed by atoms with van der Waals surface area (Å²) in [4.78, 5) is 13.7. The molecule has 0 spiro atoms. The van der Waals surface area contributed by atoms with Crippen molar-refractivity contribution in [3.8, 4) is 23.0 Å². The maximum Gasteiger partial charge on any atom is 0.193 e. The SMILES string of the molecule is COCCc1cc(OC)c(OC)cc1C(=O)c1cc(OC)c(OC)cc1CCOC. The van der Waals surface area contributed by atoms with Gasteiger partial charge in [0.1, 0.15) is 0 Å². The molecule has 2 aromatic rings. The normalized spacial score (nSPS) is 10.6. The molecule has 0 aliphatic rings. The van der Waals surface area contributed by atoms with Crippen molar-refractivity contribution in [2.24, 2.45) is 0 Å². The Morgan fingerprint density at radius 1 is 0.600 bits per heavy atom. The lowest BCUT2D eigenvalue weighted by Crippen LogP contribution is -2.12. The van der Waals surface area contributed by atoms with E-state index in [0.717, 1.165) is 11.1 Å². The number of rotatable bonds is 12. The first kappa shape index (κ1) is 23.5. The zero-order valence-electron chi connectivity index (χ0n) is 18.5. The van der Waals surface area contributed by atoms with Crippen LogP contribution in [0.1, 0.15) is 27.0 Å². The summed E-state index contributed by atoms with van der Waals surface area (Å²) in [6.45, 7) is 0.941. The topological polar surface area (TPSA) is 72.5 Å². The summed E-state index contributed by atoms with van der Waals surface area (Å²) in [6.07, 6.45) is 1.11. The van der Waals surface area contributed by atoms with Crippen molar-refractivity contribution in [3.63, 3.8) is 0 Å². The largest absolute Gasteiger partial charge is 0.493 e. The summed E-state index contributed by atoms with van der Waals surface area (Å²) in [6, 6.07) is 7.06. The maximum absolute atomic E-state index is 13.7. The number of hydrogen-bond acceptors (Lipinski definition) is 7. The van der Waals surface area contributed by atoms with E-state index in [1.165, 1.54) is 0 Å². The molecule has 0 unspecified atom stereocenters. The van der Waals surface area contributed by atoms with Gasteiger partial charge >= 0.3 is 0 Å². The lowest BCUT2D eigenvalue weighted by atomic mass is 9.92. The quantitative estimate of drug-likeness (QED) is 0.490. The van der Waals surface area contributed by atoms with Crippen LogP contribution in [0.3, 0.4) is 0 Å². The summed E-state index contributed by atoms with van der Waals surface area (Å²) in [5, 5.41) is 0. The maximum atomic E-state index is 13.7. The van der Waals surface area contributed by atoms with E-state index in [9.17, 15) is 4.79 Å². The average molecular weight is 418 g/mol. The second-order valence-electron chi connectivity index (χ2n) is 6.54. The Labute approximate surface area is 177 Å². The van der Waals surface area contributed by atoms with Crippen molar-refractivity contribution in [3.05, 3.63) is 46.5 Å². The van der Waals surface area contributed by atoms with Crippen LogP contribution in [0, 0.1) is 0 Å². The first-order valence-corrected chi connectivity index (χ1v) is 9.56. The first-order chi connectivity index (χ1) is 14.5. The molecule has 0 amide bonds. The van der Waals surface area contributed by atoms with Gasteiger partial charge in [-0.1, -0.05) is 0 Å². The Morgan fingerprint density at radius 3 is 1.23 bits per heavy atom. The monoisotopic (exact) mass is 418 g/mol. The second kappa shape index (κ2) is 11.4. The van der Waals surface area contributed by atoms with Crippen LogP contribution in [0.5, 0.6) is 23.0 Å². The molecule has 0 aromatic heterocycles. The van der Waals surface area contributed by atoms with Gasteiger partial charge in [-0.2, -0.15) is 0 Å². The third-order valence-corrected chi connectivity index (χ3v) is 4.86. The number of carbonyl (C=O) groups excluding carboxylic acids is 1. The van der Waals surface area contributed by atoms with Gasteiger partial charge in [-0.15, -0.1) is 0 Å². The highest BCUT2D eigenvalue weighted by Gasteiger charge is 2.22. The van der Waals surface area contributed by atoms with E-state index < -0.39 is 0 Å². The minimum Gasteiger partial charge on any atom is -0.493 e. The van der Waals surface area contributed by atoms with Gasteiger partial charge in [-0.05, 0) is 48.2 Å². The zero-order chi connectivity index (χ0) is 22.1. The Morgan fingerprint density at radius 2 is 0.933 bits per heavy atom. The molecule has 2 aromatic carbocycles. The highest BCUT2D eigenvalue weighted by Crippen LogP contribution is 2.35. The van der Waals surface area contributed by atoms with Gasteiger partial charge in [-0.25, -0.2) is 0 Å². The molecule has 0 fully saturated rings. The van der Waals surface area contributed by atoms with Gasteiger partial charge in [0, 0.05) is 25.3 Å². The van der Waals surface area contributed by atoms with E-state index in [2.05, 4.69) is 0 Å². The molecule has 0 saturated heterocycles. The Bertz CT molecular complexity index is 792. The molecule has 0 saturated carbocycles. The molecule has 0 atom stereocenters. The molecule has 0 aliphatic carbocycles. The van der Waals surface area contributed by atoms with Gasteiger partial charge in [0.15, 0.2) is 28.8 Å². The van der Waals surface area contributed by atoms with E-state index in [-0.39, 0.29) is 5.78 Å². The average Bonchev–Trinajstić information content (AvgIpc) is 2.79. The fourth-order valence-electron chi connectivity index (χ4n) is 3.25. The van der Waals surface area contributed by atoms with E-state index in [1.54, 1.807) is 54.8 Å². The summed E-state index contributed by atoms with van der Waals surface area (Å²) in [5.41, 5.74) is 2.67. The third-order valence-electron chi connectivity index (χ3n) is 4.86. The smallest absolute Gasteiger partial charge is 0.193 e. The predicted molar refractivity (Wildman–Crippen MR) is 114 cm³/mol. The molecule has 30 heavy (non-hydrogen) atoms. The van der Waals surface area contributed by atoms with Crippen LogP contribution >= 0.6 is 0 Å². The number of hydrogen-bond donors (Lipinski definition) is 0. The number of benzene rings is 2. The molecule has 0 N–H and O–H groups in total. The minimum atomic E-state index is -0.144. The molecule has 7 heteroatoms. The predicted octanol–water partition coefficient (Wildman–Crippen LogP) is 3.33. The Hall–Kier alpha value is -2.77. The van der Waals surface area contributed by atoms with Crippen LogP contribution in [0.25, 0.3) is 0 Å². The lowest BCUT2D eigenvalue weighted by Gasteiger charge is -2.17. The van der Waals surface area contributed by atoms with Crippen LogP contribution in [0.15, 0.2) is 24.3 Å². The van der Waals surface area contributed by atoms with Gasteiger partial charge in [0.2, 0.25) is 0 Å². The summed E-state index contributed by atoms with van der Waals surface area (Å²) in [5.74, 6) is 1.95. The molecule has 0 aliphatic heterocycles. The summed E-state index contributed by atoms with van der Waals surface area (Å²) >= 11 is 0. The van der Waals surface area contributed by atoms with Crippen LogP contribution < -0.4 is 18.9 Å². The first-order valence-electron chi connectivity index (χ1n) is 9.56. The molecule has 0 radical (unpaired) electrons. The van der Waals surface area contributed by atoms with Gasteiger partial charge in [-0.3, -0.25) is 4.79 Å². The number of methoxy groups -OCH3 is 6. The number of ketones is 1. The van der Waals surface area contributed by atoms with E-state index >= 15 is 0 Å². The van der Waals surface area contributed by atoms with Crippen molar-refractivity contribution in [2.75, 3.05) is 55.9 Å². The molecule has 2 rings (SSSR count). The minimum absolute atomic E-state index is 0.144. The molecular formula is C23H30O7. The van der Waals surface area contributed by atoms with Crippen molar-refractivity contribution in [2.45, 2.75) is 12.8 Å². The number of carbonyl (C=O) groups is 1. The summed E-state index contributed by atoms with van der Waals surface area (Å²) < 4.78 is 32.1. The van der Waals surface area contributed by atoms with Gasteiger partial charge in [0.05, 0.1) is 41.7 Å². The Balaban J connectivity index is 2.64. The molecule has 0 bridgehead atoms. The van der Waals surface area contributed by atoms with Crippen LogP contribution in [0.2, 0.25) is 0 Å². The van der Waals surface area contributed by atoms with Gasteiger partial charge < -0.3 is 28.4 Å². The fraction of sp³-hybridized carbons (Fsp3) is 0.435. The van der Waals surface area contributed by atoms with Crippen LogP contribution in [-0.2, 0) is 22.3 Å². The number of ether oxygens (including phenoxy) is 6. The van der Waals surface area contributed by atoms with Gasteiger partial charge in [0.25, 0.3) is 0 Å². The van der Waals surface area contributed by atoms with Crippen molar-refractivity contribution < 1.29 is 33.2 Å². The van der Waals surface area contributed by atoms with E-state index in [4.69, 9.17) is 28.4 Å². The lowest BCUT2D eigenvalue weighted by molar-refractivity contribution is 0.103. The van der Waals surface area contributed by atoms with Crippen molar-refractivity contribution in [1.29, 1.82) is 0 Å². The highest BCUT2D eigenvalue weighted by molar-refractivity contribution is 6.11. The molecule has 164 valence electrons. The second-order valence-corrected chi connectivity index (χ2v) is 6.54. The fourth-order valence-corrected chi connectivity index (χ4v) is 3.25. The highest BCUT2D eigenvalue weighted by atomic mass is 16.5. The van der Waals surface area contributed by atoms with E-state index in [0.29, 0.717) is 60.2 Å². The Kier molecular flexibility index (Phi) is 8.95. The molecule has 7 nitrogen and oxygen atoms in total.